The van der Waals surface area contributed by atoms with Crippen molar-refractivity contribution in [2.75, 3.05) is 25.1 Å². The van der Waals surface area contributed by atoms with Gasteiger partial charge in [0, 0.05) is 25.1 Å². The molecule has 0 heterocycles. The number of aryl methyl sites for hydroxylation is 1. The summed E-state index contributed by atoms with van der Waals surface area (Å²) >= 11 is 12.7. The Labute approximate surface area is 310 Å². The summed E-state index contributed by atoms with van der Waals surface area (Å²) in [5, 5.41) is 3.84. The van der Waals surface area contributed by atoms with Crippen molar-refractivity contribution in [3.8, 4) is 11.5 Å². The van der Waals surface area contributed by atoms with Crippen molar-refractivity contribution < 1.29 is 27.5 Å². The van der Waals surface area contributed by atoms with Crippen molar-refractivity contribution in [1.29, 1.82) is 0 Å². The third-order valence-electron chi connectivity index (χ3n) is 9.10. The lowest BCUT2D eigenvalue weighted by Crippen LogP contribution is -2.55. The van der Waals surface area contributed by atoms with Gasteiger partial charge in [-0.2, -0.15) is 0 Å². The predicted molar refractivity (Wildman–Crippen MR) is 201 cm³/mol. The van der Waals surface area contributed by atoms with E-state index in [-0.39, 0.29) is 46.3 Å². The van der Waals surface area contributed by atoms with Crippen LogP contribution >= 0.6 is 23.2 Å². The van der Waals surface area contributed by atoms with Gasteiger partial charge >= 0.3 is 0 Å². The molecule has 0 radical (unpaired) electrons. The van der Waals surface area contributed by atoms with Gasteiger partial charge in [-0.25, -0.2) is 8.42 Å². The van der Waals surface area contributed by atoms with E-state index in [1.54, 1.807) is 42.5 Å². The number of hydrogen-bond acceptors (Lipinski definition) is 6. The Morgan fingerprint density at radius 2 is 1.55 bits per heavy atom. The molecule has 0 spiro atoms. The molecule has 270 valence electrons. The first-order chi connectivity index (χ1) is 24.5. The van der Waals surface area contributed by atoms with Gasteiger partial charge in [0.2, 0.25) is 11.8 Å². The molecule has 9 nitrogen and oxygen atoms in total. The summed E-state index contributed by atoms with van der Waals surface area (Å²) in [6.45, 7) is 1.16. The van der Waals surface area contributed by atoms with Crippen molar-refractivity contribution in [3.63, 3.8) is 0 Å². The summed E-state index contributed by atoms with van der Waals surface area (Å²) in [5.74, 6) is -0.345. The first kappa shape index (κ1) is 38.0. The zero-order valence-electron chi connectivity index (χ0n) is 29.0. The average molecular weight is 753 g/mol. The maximum atomic E-state index is 14.9. The van der Waals surface area contributed by atoms with Crippen LogP contribution in [-0.4, -0.2) is 58.0 Å². The van der Waals surface area contributed by atoms with Crippen molar-refractivity contribution in [1.82, 2.24) is 10.2 Å². The van der Waals surface area contributed by atoms with Gasteiger partial charge in [-0.05, 0) is 67.3 Å². The first-order valence-corrected chi connectivity index (χ1v) is 19.1. The molecule has 12 heteroatoms. The number of methoxy groups -OCH3 is 2. The highest BCUT2D eigenvalue weighted by atomic mass is 35.5. The van der Waals surface area contributed by atoms with Crippen LogP contribution in [-0.2, 0) is 32.6 Å². The summed E-state index contributed by atoms with van der Waals surface area (Å²) in [5.41, 5.74) is 2.43. The Bertz CT molecular complexity index is 1920. The molecular formula is C39H43Cl2N3O6S. The standard InChI is InChI=1S/C39H43Cl2N3O6S/c1-27-14-18-32(19-15-27)51(47,48)44(35-24-31(49-2)17-21-37(35)50-3)26-38(45)43(25-29-16-20-33(40)34(41)22-29)36(23-28-10-6-4-7-11-28)39(46)42-30-12-8-5-9-13-30/h4,6-7,10-11,14-22,24,30,36H,5,8-9,12-13,23,25-26H2,1-3H3,(H,42,46). The van der Waals surface area contributed by atoms with Crippen LogP contribution in [0.1, 0.15) is 48.8 Å². The number of sulfonamides is 1. The molecule has 2 amide bonds. The van der Waals surface area contributed by atoms with Crippen LogP contribution in [0.4, 0.5) is 5.69 Å². The zero-order chi connectivity index (χ0) is 36.5. The topological polar surface area (TPSA) is 105 Å². The normalized spacial score (nSPS) is 14.0. The Kier molecular flexibility index (Phi) is 12.9. The van der Waals surface area contributed by atoms with Crippen molar-refractivity contribution in [2.24, 2.45) is 0 Å². The number of benzene rings is 4. The zero-order valence-corrected chi connectivity index (χ0v) is 31.3. The Hall–Kier alpha value is -4.25. The molecular weight excluding hydrogens is 709 g/mol. The predicted octanol–water partition coefficient (Wildman–Crippen LogP) is 7.60. The van der Waals surface area contributed by atoms with E-state index in [0.29, 0.717) is 16.3 Å². The molecule has 5 rings (SSSR count). The monoisotopic (exact) mass is 751 g/mol. The highest BCUT2D eigenvalue weighted by Gasteiger charge is 2.36. The van der Waals surface area contributed by atoms with E-state index in [1.165, 1.54) is 37.3 Å². The van der Waals surface area contributed by atoms with E-state index in [4.69, 9.17) is 32.7 Å². The maximum Gasteiger partial charge on any atom is 0.264 e. The third-order valence-corrected chi connectivity index (χ3v) is 11.6. The molecule has 4 aromatic carbocycles. The molecule has 0 aromatic heterocycles. The number of nitrogens with one attached hydrogen (secondary N) is 1. The molecule has 1 aliphatic carbocycles. The van der Waals surface area contributed by atoms with Gasteiger partial charge < -0.3 is 19.7 Å². The number of carbonyl (C=O) groups is 2. The maximum absolute atomic E-state index is 14.9. The molecule has 1 aliphatic rings. The molecule has 0 bridgehead atoms. The molecule has 0 aliphatic heterocycles. The van der Waals surface area contributed by atoms with E-state index >= 15 is 0 Å². The lowest BCUT2D eigenvalue weighted by atomic mass is 9.94. The van der Waals surface area contributed by atoms with Gasteiger partial charge in [0.1, 0.15) is 24.1 Å². The van der Waals surface area contributed by atoms with Crippen LogP contribution in [0.5, 0.6) is 11.5 Å². The van der Waals surface area contributed by atoms with E-state index in [9.17, 15) is 18.0 Å². The Morgan fingerprint density at radius 1 is 0.843 bits per heavy atom. The molecule has 1 fully saturated rings. The van der Waals surface area contributed by atoms with Gasteiger partial charge in [0.05, 0.1) is 34.8 Å². The van der Waals surface area contributed by atoms with Gasteiger partial charge in [-0.15, -0.1) is 0 Å². The minimum Gasteiger partial charge on any atom is -0.497 e. The minimum atomic E-state index is -4.36. The van der Waals surface area contributed by atoms with Crippen molar-refractivity contribution in [3.05, 3.63) is 118 Å². The second-order valence-corrected chi connectivity index (χ2v) is 15.4. The van der Waals surface area contributed by atoms with E-state index < -0.39 is 28.5 Å². The summed E-state index contributed by atoms with van der Waals surface area (Å²) in [6.07, 6.45) is 5.02. The summed E-state index contributed by atoms with van der Waals surface area (Å²) < 4.78 is 41.1. The van der Waals surface area contributed by atoms with E-state index in [2.05, 4.69) is 5.32 Å². The number of rotatable bonds is 14. The highest BCUT2D eigenvalue weighted by Crippen LogP contribution is 2.36. The first-order valence-electron chi connectivity index (χ1n) is 16.9. The second-order valence-electron chi connectivity index (χ2n) is 12.7. The molecule has 1 atom stereocenters. The number of carbonyl (C=O) groups excluding carboxylic acids is 2. The molecule has 0 saturated heterocycles. The van der Waals surface area contributed by atoms with Crippen LogP contribution in [0.15, 0.2) is 95.9 Å². The Morgan fingerprint density at radius 3 is 2.20 bits per heavy atom. The van der Waals surface area contributed by atoms with Gasteiger partial charge in [0.15, 0.2) is 0 Å². The number of anilines is 1. The summed E-state index contributed by atoms with van der Waals surface area (Å²) in [6, 6.07) is 24.6. The second kappa shape index (κ2) is 17.3. The number of hydrogen-bond donors (Lipinski definition) is 1. The van der Waals surface area contributed by atoms with Crippen LogP contribution in [0.25, 0.3) is 0 Å². The summed E-state index contributed by atoms with van der Waals surface area (Å²) in [7, 11) is -1.47. The highest BCUT2D eigenvalue weighted by molar-refractivity contribution is 7.92. The number of ether oxygens (including phenoxy) is 2. The largest absolute Gasteiger partial charge is 0.497 e. The van der Waals surface area contributed by atoms with Crippen LogP contribution in [0, 0.1) is 6.92 Å². The molecule has 1 saturated carbocycles. The smallest absolute Gasteiger partial charge is 0.264 e. The molecule has 1 unspecified atom stereocenters. The minimum absolute atomic E-state index is 0.0160. The number of nitrogens with zero attached hydrogens (tertiary/aromatic N) is 2. The van der Waals surface area contributed by atoms with Gasteiger partial charge in [0.25, 0.3) is 10.0 Å². The molecule has 1 N–H and O–H groups in total. The average Bonchev–Trinajstić information content (AvgIpc) is 3.14. The quantitative estimate of drug-likeness (QED) is 0.142. The SMILES string of the molecule is COc1ccc(OC)c(N(CC(=O)N(Cc2ccc(Cl)c(Cl)c2)C(Cc2ccccc2)C(=O)NC2CCCCC2)S(=O)(=O)c2ccc(C)cc2)c1. The van der Waals surface area contributed by atoms with E-state index in [0.717, 1.165) is 47.5 Å². The molecule has 4 aromatic rings. The van der Waals surface area contributed by atoms with Crippen molar-refractivity contribution >= 4 is 50.7 Å². The fourth-order valence-corrected chi connectivity index (χ4v) is 8.01. The van der Waals surface area contributed by atoms with Crippen LogP contribution in [0.3, 0.4) is 0 Å². The number of halogens is 2. The summed E-state index contributed by atoms with van der Waals surface area (Å²) in [4.78, 5) is 30.7. The van der Waals surface area contributed by atoms with Crippen LogP contribution < -0.4 is 19.1 Å². The lowest BCUT2D eigenvalue weighted by molar-refractivity contribution is -0.140. The van der Waals surface area contributed by atoms with Gasteiger partial charge in [-0.1, -0.05) is 96.6 Å². The fourth-order valence-electron chi connectivity index (χ4n) is 6.28. The fraction of sp³-hybridized carbons (Fsp3) is 0.333. The lowest BCUT2D eigenvalue weighted by Gasteiger charge is -2.35. The Balaban J connectivity index is 1.62. The van der Waals surface area contributed by atoms with Gasteiger partial charge in [-0.3, -0.25) is 13.9 Å². The van der Waals surface area contributed by atoms with Crippen molar-refractivity contribution in [2.45, 2.75) is 69.0 Å². The third kappa shape index (κ3) is 9.55. The van der Waals surface area contributed by atoms with Crippen LogP contribution in [0.2, 0.25) is 10.0 Å². The van der Waals surface area contributed by atoms with E-state index in [1.807, 2.05) is 37.3 Å². The molecule has 51 heavy (non-hydrogen) atoms. The number of amides is 2.